The molecule has 1 aliphatic heterocycles. The number of anilines is 1. The SMILES string of the molecule is N#Cc1cnc(C2CC2)nc1OC[C@H]1CCN(c2cccc(-c3ncco3)c2)C1. The first-order valence-corrected chi connectivity index (χ1v) is 9.95. The second-order valence-corrected chi connectivity index (χ2v) is 7.63. The maximum atomic E-state index is 9.32. The Balaban J connectivity index is 1.24. The van der Waals surface area contributed by atoms with Crippen LogP contribution >= 0.6 is 0 Å². The molecule has 7 heteroatoms. The van der Waals surface area contributed by atoms with E-state index in [1.54, 1.807) is 18.7 Å². The molecule has 146 valence electrons. The Morgan fingerprint density at radius 1 is 1.24 bits per heavy atom. The first-order valence-electron chi connectivity index (χ1n) is 9.95. The van der Waals surface area contributed by atoms with Crippen LogP contribution in [0.25, 0.3) is 11.5 Å². The number of oxazole rings is 1. The van der Waals surface area contributed by atoms with Crippen molar-refractivity contribution in [2.45, 2.75) is 25.2 Å². The van der Waals surface area contributed by atoms with Gasteiger partial charge >= 0.3 is 0 Å². The van der Waals surface area contributed by atoms with Crippen LogP contribution in [-0.4, -0.2) is 34.6 Å². The van der Waals surface area contributed by atoms with Gasteiger partial charge in [0, 0.05) is 36.2 Å². The topological polar surface area (TPSA) is 88.1 Å². The van der Waals surface area contributed by atoms with Crippen molar-refractivity contribution in [1.29, 1.82) is 5.26 Å². The number of nitriles is 1. The van der Waals surface area contributed by atoms with Crippen LogP contribution in [0.15, 0.2) is 47.3 Å². The molecule has 2 fully saturated rings. The third-order valence-corrected chi connectivity index (χ3v) is 5.47. The predicted molar refractivity (Wildman–Crippen MR) is 106 cm³/mol. The lowest BCUT2D eigenvalue weighted by Gasteiger charge is -2.19. The summed E-state index contributed by atoms with van der Waals surface area (Å²) >= 11 is 0. The van der Waals surface area contributed by atoms with Gasteiger partial charge in [-0.2, -0.15) is 10.2 Å². The minimum absolute atomic E-state index is 0.381. The summed E-state index contributed by atoms with van der Waals surface area (Å²) in [4.78, 5) is 15.4. The molecule has 5 rings (SSSR count). The standard InChI is InChI=1S/C22H21N5O2/c23-11-18-12-25-20(16-4-5-16)26-22(18)29-14-15-6-8-27(13-15)19-3-1-2-17(10-19)21-24-7-9-28-21/h1-3,7,9-10,12,15-16H,4-6,8,13-14H2/t15-/m0/s1. The lowest BCUT2D eigenvalue weighted by atomic mass is 10.1. The number of hydrogen-bond acceptors (Lipinski definition) is 7. The molecular weight excluding hydrogens is 366 g/mol. The second-order valence-electron chi connectivity index (χ2n) is 7.63. The summed E-state index contributed by atoms with van der Waals surface area (Å²) in [7, 11) is 0. The van der Waals surface area contributed by atoms with Crippen molar-refractivity contribution in [3.05, 3.63) is 54.3 Å². The van der Waals surface area contributed by atoms with E-state index in [1.807, 2.05) is 12.1 Å². The van der Waals surface area contributed by atoms with Crippen molar-refractivity contribution >= 4 is 5.69 Å². The first-order chi connectivity index (χ1) is 14.3. The fraction of sp³-hybridized carbons (Fsp3) is 0.364. The van der Waals surface area contributed by atoms with Gasteiger partial charge in [0.05, 0.1) is 19.0 Å². The lowest BCUT2D eigenvalue weighted by Crippen LogP contribution is -2.22. The molecule has 0 N–H and O–H groups in total. The highest BCUT2D eigenvalue weighted by atomic mass is 16.5. The minimum atomic E-state index is 0.381. The molecule has 0 radical (unpaired) electrons. The van der Waals surface area contributed by atoms with E-state index in [0.29, 0.717) is 35.8 Å². The van der Waals surface area contributed by atoms with E-state index in [2.05, 4.69) is 38.1 Å². The minimum Gasteiger partial charge on any atom is -0.476 e. The van der Waals surface area contributed by atoms with E-state index >= 15 is 0 Å². The van der Waals surface area contributed by atoms with Crippen LogP contribution in [0.1, 0.15) is 36.6 Å². The van der Waals surface area contributed by atoms with Crippen molar-refractivity contribution in [2.24, 2.45) is 5.92 Å². The summed E-state index contributed by atoms with van der Waals surface area (Å²) in [6.45, 7) is 2.41. The number of benzene rings is 1. The van der Waals surface area contributed by atoms with Crippen molar-refractivity contribution in [3.63, 3.8) is 0 Å². The Morgan fingerprint density at radius 2 is 2.17 bits per heavy atom. The molecule has 2 aromatic heterocycles. The largest absolute Gasteiger partial charge is 0.476 e. The molecule has 0 unspecified atom stereocenters. The summed E-state index contributed by atoms with van der Waals surface area (Å²) in [6, 6.07) is 10.4. The average Bonchev–Trinajstić information content (AvgIpc) is 3.26. The quantitative estimate of drug-likeness (QED) is 0.636. The lowest BCUT2D eigenvalue weighted by molar-refractivity contribution is 0.250. The molecule has 1 aliphatic carbocycles. The fourth-order valence-corrected chi connectivity index (χ4v) is 3.71. The summed E-state index contributed by atoms with van der Waals surface area (Å²) in [5, 5.41) is 9.32. The van der Waals surface area contributed by atoms with Gasteiger partial charge in [-0.25, -0.2) is 9.97 Å². The number of ether oxygens (including phenoxy) is 1. The monoisotopic (exact) mass is 387 g/mol. The third kappa shape index (κ3) is 3.79. The zero-order chi connectivity index (χ0) is 19.6. The van der Waals surface area contributed by atoms with Crippen LogP contribution in [0, 0.1) is 17.2 Å². The third-order valence-electron chi connectivity index (χ3n) is 5.47. The maximum Gasteiger partial charge on any atom is 0.235 e. The van der Waals surface area contributed by atoms with Crippen LogP contribution < -0.4 is 9.64 Å². The highest BCUT2D eigenvalue weighted by molar-refractivity contribution is 5.62. The van der Waals surface area contributed by atoms with Gasteiger partial charge in [-0.05, 0) is 37.5 Å². The Bertz CT molecular complexity index is 1040. The van der Waals surface area contributed by atoms with Gasteiger partial charge in [0.2, 0.25) is 11.8 Å². The molecule has 29 heavy (non-hydrogen) atoms. The van der Waals surface area contributed by atoms with Crippen LogP contribution in [-0.2, 0) is 0 Å². The van der Waals surface area contributed by atoms with Crippen LogP contribution in [0.3, 0.4) is 0 Å². The molecular formula is C22H21N5O2. The molecule has 1 saturated carbocycles. The Labute approximate surface area is 169 Å². The number of nitrogens with zero attached hydrogens (tertiary/aromatic N) is 5. The van der Waals surface area contributed by atoms with E-state index in [9.17, 15) is 5.26 Å². The molecule has 3 aromatic rings. The molecule has 1 atom stereocenters. The van der Waals surface area contributed by atoms with Gasteiger partial charge in [-0.1, -0.05) is 6.07 Å². The van der Waals surface area contributed by atoms with Crippen molar-refractivity contribution < 1.29 is 9.15 Å². The first kappa shape index (κ1) is 17.7. The highest BCUT2D eigenvalue weighted by Crippen LogP contribution is 2.38. The van der Waals surface area contributed by atoms with Gasteiger partial charge < -0.3 is 14.1 Å². The predicted octanol–water partition coefficient (Wildman–Crippen LogP) is 3.79. The summed E-state index contributed by atoms with van der Waals surface area (Å²) in [5.74, 6) is 2.67. The zero-order valence-electron chi connectivity index (χ0n) is 16.0. The Hall–Kier alpha value is -3.40. The molecule has 1 saturated heterocycles. The molecule has 0 amide bonds. The van der Waals surface area contributed by atoms with Gasteiger partial charge in [-0.15, -0.1) is 0 Å². The molecule has 1 aromatic carbocycles. The fourth-order valence-electron chi connectivity index (χ4n) is 3.71. The molecule has 0 spiro atoms. The van der Waals surface area contributed by atoms with Gasteiger partial charge in [0.1, 0.15) is 23.7 Å². The van der Waals surface area contributed by atoms with Gasteiger partial charge in [0.15, 0.2) is 0 Å². The van der Waals surface area contributed by atoms with Gasteiger partial charge in [0.25, 0.3) is 0 Å². The zero-order valence-corrected chi connectivity index (χ0v) is 16.0. The highest BCUT2D eigenvalue weighted by Gasteiger charge is 2.28. The summed E-state index contributed by atoms with van der Waals surface area (Å²) in [5.41, 5.74) is 2.53. The summed E-state index contributed by atoms with van der Waals surface area (Å²) in [6.07, 6.45) is 8.10. The van der Waals surface area contributed by atoms with E-state index in [-0.39, 0.29) is 0 Å². The van der Waals surface area contributed by atoms with E-state index < -0.39 is 0 Å². The average molecular weight is 387 g/mol. The van der Waals surface area contributed by atoms with Gasteiger partial charge in [-0.3, -0.25) is 0 Å². The molecule has 3 heterocycles. The molecule has 0 bridgehead atoms. The van der Waals surface area contributed by atoms with Crippen LogP contribution in [0.5, 0.6) is 5.88 Å². The van der Waals surface area contributed by atoms with E-state index in [0.717, 1.165) is 49.4 Å². The summed E-state index contributed by atoms with van der Waals surface area (Å²) < 4.78 is 11.4. The van der Waals surface area contributed by atoms with Crippen molar-refractivity contribution in [3.8, 4) is 23.4 Å². The normalized spacial score (nSPS) is 18.6. The molecule has 7 nitrogen and oxygen atoms in total. The number of aromatic nitrogens is 3. The van der Waals surface area contributed by atoms with Crippen LogP contribution in [0.4, 0.5) is 5.69 Å². The number of hydrogen-bond donors (Lipinski definition) is 0. The second kappa shape index (κ2) is 7.55. The van der Waals surface area contributed by atoms with E-state index in [1.165, 1.54) is 0 Å². The van der Waals surface area contributed by atoms with Crippen LogP contribution in [0.2, 0.25) is 0 Å². The van der Waals surface area contributed by atoms with E-state index in [4.69, 9.17) is 9.15 Å². The number of rotatable bonds is 6. The van der Waals surface area contributed by atoms with Crippen molar-refractivity contribution in [2.75, 3.05) is 24.6 Å². The maximum absolute atomic E-state index is 9.32. The Kier molecular flexibility index (Phi) is 4.60. The molecule has 2 aliphatic rings. The Morgan fingerprint density at radius 3 is 2.97 bits per heavy atom. The van der Waals surface area contributed by atoms with Crippen molar-refractivity contribution in [1.82, 2.24) is 15.0 Å². The smallest absolute Gasteiger partial charge is 0.235 e.